The Balaban J connectivity index is 1.78. The van der Waals surface area contributed by atoms with E-state index < -0.39 is 0 Å². The Hall–Kier alpha value is -3.25. The quantitative estimate of drug-likeness (QED) is 0.322. The summed E-state index contributed by atoms with van der Waals surface area (Å²) >= 11 is 1.88. The number of hydrogen-bond donors (Lipinski definition) is 0. The molecule has 0 radical (unpaired) electrons. The minimum absolute atomic E-state index is 1.15. The Morgan fingerprint density at radius 3 is 1.83 bits per heavy atom. The van der Waals surface area contributed by atoms with Gasteiger partial charge in [0.25, 0.3) is 0 Å². The summed E-state index contributed by atoms with van der Waals surface area (Å²) in [7, 11) is 0. The molecule has 0 atom stereocenters. The van der Waals surface area contributed by atoms with Crippen LogP contribution in [0.3, 0.4) is 0 Å². The van der Waals surface area contributed by atoms with Crippen molar-refractivity contribution in [2.45, 2.75) is 0 Å². The van der Waals surface area contributed by atoms with Gasteiger partial charge in [0.05, 0.1) is 0 Å². The fourth-order valence-electron chi connectivity index (χ4n) is 3.96. The summed E-state index contributed by atoms with van der Waals surface area (Å²) in [4.78, 5) is 2.33. The van der Waals surface area contributed by atoms with E-state index in [4.69, 9.17) is 0 Å². The Kier molecular flexibility index (Phi) is 4.70. The molecule has 0 bridgehead atoms. The van der Waals surface area contributed by atoms with Crippen LogP contribution < -0.4 is 4.90 Å². The number of hydrogen-bond acceptors (Lipinski definition) is 1. The Morgan fingerprint density at radius 2 is 1.14 bits per heavy atom. The summed E-state index contributed by atoms with van der Waals surface area (Å²) in [6.07, 6.45) is 2.14. The maximum absolute atomic E-state index is 2.33. The molecule has 0 spiro atoms. The number of fused-ring (bicyclic) bond motifs is 1. The number of anilines is 3. The number of benzene rings is 4. The van der Waals surface area contributed by atoms with Gasteiger partial charge in [-0.2, -0.15) is 0 Å². The molecule has 0 fully saturated rings. The van der Waals surface area contributed by atoms with Crippen LogP contribution in [0.25, 0.3) is 22.0 Å². The second-order valence-corrected chi connectivity index (χ2v) is 7.73. The molecule has 5 aromatic rings. The van der Waals surface area contributed by atoms with Gasteiger partial charge in [-0.3, -0.25) is 0 Å². The predicted molar refractivity (Wildman–Crippen MR) is 125 cm³/mol. The average Bonchev–Trinajstić information content (AvgIpc) is 3.17. The van der Waals surface area contributed by atoms with E-state index in [1.807, 2.05) is 16.5 Å². The third kappa shape index (κ3) is 3.25. The van der Waals surface area contributed by atoms with E-state index in [9.17, 15) is 0 Å². The van der Waals surface area contributed by atoms with Crippen molar-refractivity contribution >= 4 is 44.5 Å². The second-order valence-electron chi connectivity index (χ2n) is 7.05. The van der Waals surface area contributed by atoms with Gasteiger partial charge in [0, 0.05) is 0 Å². The fourth-order valence-corrected chi connectivity index (χ4v) is 4.41. The summed E-state index contributed by atoms with van der Waals surface area (Å²) in [5, 5.41) is 1.26. The third-order valence-corrected chi connectivity index (χ3v) is 5.78. The molecule has 0 saturated carbocycles. The van der Waals surface area contributed by atoms with E-state index in [1.165, 1.54) is 27.7 Å². The van der Waals surface area contributed by atoms with Gasteiger partial charge in [0.1, 0.15) is 0 Å². The molecule has 0 N–H and O–H groups in total. The number of aromatic nitrogens is 1. The van der Waals surface area contributed by atoms with Gasteiger partial charge >= 0.3 is 179 Å². The molecule has 0 unspecified atom stereocenters. The van der Waals surface area contributed by atoms with Crippen molar-refractivity contribution in [2.75, 3.05) is 4.90 Å². The molecule has 3 heteroatoms. The van der Waals surface area contributed by atoms with Crippen molar-refractivity contribution in [2.24, 2.45) is 0 Å². The van der Waals surface area contributed by atoms with Crippen molar-refractivity contribution in [3.05, 3.63) is 115 Å². The summed E-state index contributed by atoms with van der Waals surface area (Å²) < 4.78 is 2.23. The van der Waals surface area contributed by atoms with Crippen LogP contribution >= 0.6 is 0 Å². The number of nitrogens with zero attached hydrogens (tertiary/aromatic N) is 2. The molecular formula is C26H20AlN2+. The summed E-state index contributed by atoms with van der Waals surface area (Å²) in [5.41, 5.74) is 7.19. The number of para-hydroxylation sites is 4. The molecule has 0 amide bonds. The van der Waals surface area contributed by atoms with Gasteiger partial charge in [-0.15, -0.1) is 0 Å². The standard InChI is InChI=1S/C26H19N2.Al.H/c1-3-11-21(12-4-1)28(22-13-5-2-6-14-22)25-17-8-7-15-23(25)24-16-9-10-20-18-19-27-26(20)24;;/h1-19H;;/q-1;+2;. The fraction of sp³-hybridized carbons (Fsp3) is 0. The van der Waals surface area contributed by atoms with Crippen molar-refractivity contribution in [3.63, 3.8) is 0 Å². The SMILES string of the molecule is [AlH+][n]1ccc2cccc(-c3ccccc3N(c3ccccc3)c3ccccc3)c21. The van der Waals surface area contributed by atoms with E-state index in [-0.39, 0.29) is 0 Å². The van der Waals surface area contributed by atoms with Gasteiger partial charge in [0.15, 0.2) is 0 Å². The van der Waals surface area contributed by atoms with E-state index in [2.05, 4.69) is 124 Å². The molecule has 0 aliphatic rings. The monoisotopic (exact) mass is 387 g/mol. The van der Waals surface area contributed by atoms with Crippen LogP contribution in [0.4, 0.5) is 17.1 Å². The third-order valence-electron chi connectivity index (χ3n) is 5.25. The van der Waals surface area contributed by atoms with Crippen molar-refractivity contribution < 1.29 is 0 Å². The van der Waals surface area contributed by atoms with Crippen molar-refractivity contribution in [3.8, 4) is 11.1 Å². The predicted octanol–water partition coefficient (Wildman–Crippen LogP) is 6.44. The van der Waals surface area contributed by atoms with Crippen LogP contribution in [0.5, 0.6) is 0 Å². The molecular weight excluding hydrogens is 367 g/mol. The van der Waals surface area contributed by atoms with Gasteiger partial charge in [-0.1, -0.05) is 0 Å². The van der Waals surface area contributed by atoms with Crippen molar-refractivity contribution in [1.29, 1.82) is 0 Å². The summed E-state index contributed by atoms with van der Waals surface area (Å²) in [5.74, 6) is 0. The van der Waals surface area contributed by atoms with E-state index in [0.29, 0.717) is 0 Å². The van der Waals surface area contributed by atoms with Crippen LogP contribution in [-0.4, -0.2) is 20.1 Å². The first-order chi connectivity index (χ1) is 14.3. The molecule has 2 nitrogen and oxygen atoms in total. The maximum atomic E-state index is 2.33. The first kappa shape index (κ1) is 17.8. The van der Waals surface area contributed by atoms with Crippen LogP contribution in [-0.2, 0) is 0 Å². The summed E-state index contributed by atoms with van der Waals surface area (Å²) in [6, 6.07) is 38.5. The Labute approximate surface area is 179 Å². The normalized spacial score (nSPS) is 10.9. The van der Waals surface area contributed by atoms with Crippen LogP contribution in [0.15, 0.2) is 115 Å². The van der Waals surface area contributed by atoms with E-state index >= 15 is 0 Å². The van der Waals surface area contributed by atoms with E-state index in [1.54, 1.807) is 0 Å². The zero-order valence-electron chi connectivity index (χ0n) is 16.1. The van der Waals surface area contributed by atoms with E-state index in [0.717, 1.165) is 11.4 Å². The molecule has 0 saturated heterocycles. The first-order valence-electron chi connectivity index (χ1n) is 9.73. The molecule has 4 aromatic carbocycles. The molecule has 136 valence electrons. The number of rotatable bonds is 4. The topological polar surface area (TPSA) is 8.17 Å². The van der Waals surface area contributed by atoms with Crippen LogP contribution in [0.1, 0.15) is 0 Å². The van der Waals surface area contributed by atoms with Gasteiger partial charge in [-0.05, 0) is 0 Å². The average molecular weight is 387 g/mol. The Bertz CT molecular complexity index is 1220. The second kappa shape index (κ2) is 7.64. The first-order valence-corrected chi connectivity index (χ1v) is 10.4. The molecule has 0 aliphatic carbocycles. The molecule has 5 rings (SSSR count). The van der Waals surface area contributed by atoms with Crippen molar-refractivity contribution in [1.82, 2.24) is 3.55 Å². The zero-order valence-corrected chi connectivity index (χ0v) is 17.5. The molecule has 0 aliphatic heterocycles. The summed E-state index contributed by atoms with van der Waals surface area (Å²) in [6.45, 7) is 0. The van der Waals surface area contributed by atoms with Gasteiger partial charge in [0.2, 0.25) is 0 Å². The van der Waals surface area contributed by atoms with Crippen LogP contribution in [0, 0.1) is 0 Å². The Morgan fingerprint density at radius 1 is 0.552 bits per heavy atom. The minimum atomic E-state index is 1.15. The van der Waals surface area contributed by atoms with Crippen LogP contribution in [0.2, 0.25) is 0 Å². The van der Waals surface area contributed by atoms with Gasteiger partial charge in [-0.25, -0.2) is 0 Å². The molecule has 29 heavy (non-hydrogen) atoms. The zero-order chi connectivity index (χ0) is 19.6. The van der Waals surface area contributed by atoms with Gasteiger partial charge < -0.3 is 0 Å². The molecule has 1 heterocycles. The molecule has 1 aromatic heterocycles.